The van der Waals surface area contributed by atoms with E-state index in [-0.39, 0.29) is 11.9 Å². The molecule has 0 saturated carbocycles. The van der Waals surface area contributed by atoms with E-state index in [9.17, 15) is 4.79 Å². The molecule has 2 aromatic heterocycles. The van der Waals surface area contributed by atoms with Crippen molar-refractivity contribution < 1.29 is 4.79 Å². The smallest absolute Gasteiger partial charge is 0.234 e. The van der Waals surface area contributed by atoms with Gasteiger partial charge in [-0.25, -0.2) is 9.97 Å². The molecule has 0 saturated heterocycles. The third-order valence-electron chi connectivity index (χ3n) is 4.41. The van der Waals surface area contributed by atoms with Crippen LogP contribution in [0.25, 0.3) is 10.2 Å². The average molecular weight is 362 g/mol. The topological polar surface area (TPSA) is 84.1 Å². The molecule has 0 aromatic carbocycles. The van der Waals surface area contributed by atoms with Crippen molar-refractivity contribution in [2.24, 2.45) is 0 Å². The van der Waals surface area contributed by atoms with Gasteiger partial charge in [0.15, 0.2) is 0 Å². The van der Waals surface area contributed by atoms with Gasteiger partial charge in [0.1, 0.15) is 16.5 Å². The summed E-state index contributed by atoms with van der Waals surface area (Å²) in [4.78, 5) is 25.5. The van der Waals surface area contributed by atoms with Crippen molar-refractivity contribution in [3.8, 4) is 0 Å². The van der Waals surface area contributed by atoms with E-state index in [0.717, 1.165) is 23.1 Å². The first-order valence-electron chi connectivity index (χ1n) is 8.98. The van der Waals surface area contributed by atoms with Crippen LogP contribution in [0.15, 0.2) is 0 Å². The highest BCUT2D eigenvalue weighted by molar-refractivity contribution is 7.19. The third-order valence-corrected chi connectivity index (χ3v) is 5.60. The zero-order chi connectivity index (χ0) is 18.0. The van der Waals surface area contributed by atoms with Gasteiger partial charge in [0.2, 0.25) is 5.91 Å². The molecule has 0 radical (unpaired) electrons. The summed E-state index contributed by atoms with van der Waals surface area (Å²) in [6, 6.07) is 0.144. The summed E-state index contributed by atoms with van der Waals surface area (Å²) in [7, 11) is 1.90. The van der Waals surface area contributed by atoms with Gasteiger partial charge in [-0.3, -0.25) is 9.69 Å². The number of carbonyl (C=O) groups excluding carboxylic acids is 1. The molecular formula is C18H27N5OS. The van der Waals surface area contributed by atoms with Crippen LogP contribution in [-0.4, -0.2) is 40.4 Å². The largest absolute Gasteiger partial charge is 0.383 e. The van der Waals surface area contributed by atoms with Crippen molar-refractivity contribution in [1.29, 1.82) is 0 Å². The second-order valence-electron chi connectivity index (χ2n) is 7.16. The molecule has 1 aliphatic rings. The molecule has 0 bridgehead atoms. The number of aromatic nitrogens is 2. The van der Waals surface area contributed by atoms with Crippen LogP contribution in [0.5, 0.6) is 0 Å². The zero-order valence-corrected chi connectivity index (χ0v) is 16.1. The number of aryl methyl sites for hydroxylation is 2. The molecule has 3 rings (SSSR count). The summed E-state index contributed by atoms with van der Waals surface area (Å²) in [6.45, 7) is 4.74. The molecule has 2 heterocycles. The Morgan fingerprint density at radius 1 is 1.28 bits per heavy atom. The van der Waals surface area contributed by atoms with Gasteiger partial charge in [0.05, 0.1) is 18.5 Å². The molecule has 0 fully saturated rings. The number of thiophene rings is 1. The Kier molecular flexibility index (Phi) is 5.54. The normalized spacial score (nSPS) is 14.8. The van der Waals surface area contributed by atoms with Crippen molar-refractivity contribution in [2.45, 2.75) is 58.5 Å². The Morgan fingerprint density at radius 3 is 2.80 bits per heavy atom. The molecule has 6 nitrogen and oxygen atoms in total. The summed E-state index contributed by atoms with van der Waals surface area (Å²) in [5.74, 6) is 1.27. The number of hydrogen-bond donors (Lipinski definition) is 2. The maximum absolute atomic E-state index is 11.9. The van der Waals surface area contributed by atoms with Crippen molar-refractivity contribution in [1.82, 2.24) is 20.2 Å². The number of fused-ring (bicyclic) bond motifs is 3. The number of nitrogens with one attached hydrogen (secondary N) is 1. The first-order valence-corrected chi connectivity index (χ1v) is 9.80. The Hall–Kier alpha value is -1.73. The highest BCUT2D eigenvalue weighted by Crippen LogP contribution is 2.37. The van der Waals surface area contributed by atoms with Gasteiger partial charge in [-0.05, 0) is 52.1 Å². The fourth-order valence-electron chi connectivity index (χ4n) is 3.39. The number of likely N-dealkylation sites (N-methyl/N-ethyl adjacent to an activating group) is 1. The molecule has 0 spiro atoms. The molecule has 1 aliphatic carbocycles. The first-order chi connectivity index (χ1) is 11.9. The predicted molar refractivity (Wildman–Crippen MR) is 103 cm³/mol. The van der Waals surface area contributed by atoms with E-state index in [0.29, 0.717) is 24.7 Å². The fraction of sp³-hybridized carbons (Fsp3) is 0.611. The monoisotopic (exact) mass is 361 g/mol. The minimum atomic E-state index is 0.00869. The van der Waals surface area contributed by atoms with Gasteiger partial charge in [-0.1, -0.05) is 6.42 Å². The van der Waals surface area contributed by atoms with Gasteiger partial charge in [0, 0.05) is 10.9 Å². The van der Waals surface area contributed by atoms with Gasteiger partial charge >= 0.3 is 0 Å². The van der Waals surface area contributed by atoms with Crippen LogP contribution in [0.2, 0.25) is 0 Å². The molecule has 25 heavy (non-hydrogen) atoms. The van der Waals surface area contributed by atoms with E-state index in [1.54, 1.807) is 11.3 Å². The second kappa shape index (κ2) is 7.66. The number of nitrogen functional groups attached to an aromatic ring is 1. The molecule has 0 unspecified atom stereocenters. The second-order valence-corrected chi connectivity index (χ2v) is 8.25. The maximum atomic E-state index is 11.9. The number of anilines is 1. The van der Waals surface area contributed by atoms with E-state index in [1.165, 1.54) is 29.7 Å². The van der Waals surface area contributed by atoms with E-state index in [1.807, 2.05) is 25.8 Å². The summed E-state index contributed by atoms with van der Waals surface area (Å²) in [5.41, 5.74) is 7.64. The number of carbonyl (C=O) groups is 1. The summed E-state index contributed by atoms with van der Waals surface area (Å²) < 4.78 is 0. The number of hydrogen-bond acceptors (Lipinski definition) is 6. The molecule has 1 amide bonds. The first kappa shape index (κ1) is 18.1. The van der Waals surface area contributed by atoms with Crippen LogP contribution in [0.1, 0.15) is 49.4 Å². The van der Waals surface area contributed by atoms with E-state index >= 15 is 0 Å². The lowest BCUT2D eigenvalue weighted by atomic mass is 10.1. The third kappa shape index (κ3) is 4.27. The van der Waals surface area contributed by atoms with E-state index in [4.69, 9.17) is 10.7 Å². The van der Waals surface area contributed by atoms with E-state index < -0.39 is 0 Å². The molecule has 7 heteroatoms. The number of nitrogens with zero attached hydrogens (tertiary/aromatic N) is 3. The Labute approximate surface area is 152 Å². The van der Waals surface area contributed by atoms with Gasteiger partial charge in [-0.15, -0.1) is 11.3 Å². The molecule has 3 N–H and O–H groups in total. The number of rotatable bonds is 5. The lowest BCUT2D eigenvalue weighted by molar-refractivity contribution is -0.122. The highest BCUT2D eigenvalue weighted by Gasteiger charge is 2.19. The van der Waals surface area contributed by atoms with Crippen LogP contribution in [0, 0.1) is 0 Å². The van der Waals surface area contributed by atoms with E-state index in [2.05, 4.69) is 10.3 Å². The molecule has 136 valence electrons. The predicted octanol–water partition coefficient (Wildman–Crippen LogP) is 2.50. The SMILES string of the molecule is CC(C)NC(=O)CN(C)Cc1nc(N)c2c3c(sc2n1)CCCCC3. The highest BCUT2D eigenvalue weighted by atomic mass is 32.1. The number of amides is 1. The minimum Gasteiger partial charge on any atom is -0.383 e. The molecule has 0 aliphatic heterocycles. The molecule has 0 atom stereocenters. The lowest BCUT2D eigenvalue weighted by Crippen LogP contribution is -2.38. The number of nitrogens with two attached hydrogens (primary N) is 1. The van der Waals surface area contributed by atoms with Gasteiger partial charge in [-0.2, -0.15) is 0 Å². The van der Waals surface area contributed by atoms with Crippen LogP contribution < -0.4 is 11.1 Å². The van der Waals surface area contributed by atoms with Crippen LogP contribution in [0.4, 0.5) is 5.82 Å². The van der Waals surface area contributed by atoms with Crippen molar-refractivity contribution in [2.75, 3.05) is 19.3 Å². The molecular weight excluding hydrogens is 334 g/mol. The minimum absolute atomic E-state index is 0.00869. The Balaban J connectivity index is 1.78. The molecule has 2 aromatic rings. The van der Waals surface area contributed by atoms with Crippen LogP contribution >= 0.6 is 11.3 Å². The maximum Gasteiger partial charge on any atom is 0.234 e. The van der Waals surface area contributed by atoms with Gasteiger partial charge in [0.25, 0.3) is 0 Å². The lowest BCUT2D eigenvalue weighted by Gasteiger charge is -2.16. The van der Waals surface area contributed by atoms with Crippen LogP contribution in [0.3, 0.4) is 0 Å². The zero-order valence-electron chi connectivity index (χ0n) is 15.3. The van der Waals surface area contributed by atoms with Crippen molar-refractivity contribution in [3.63, 3.8) is 0 Å². The summed E-state index contributed by atoms with van der Waals surface area (Å²) in [5, 5.41) is 3.96. The van der Waals surface area contributed by atoms with Gasteiger partial charge < -0.3 is 11.1 Å². The summed E-state index contributed by atoms with van der Waals surface area (Å²) >= 11 is 1.76. The van der Waals surface area contributed by atoms with Crippen LogP contribution in [-0.2, 0) is 24.2 Å². The summed E-state index contributed by atoms with van der Waals surface area (Å²) in [6.07, 6.45) is 5.95. The van der Waals surface area contributed by atoms with Crippen molar-refractivity contribution in [3.05, 3.63) is 16.3 Å². The standard InChI is InChI=1S/C18H27N5OS/c1-11(2)20-15(24)10-23(3)9-14-21-17(19)16-12-7-5-4-6-8-13(12)25-18(16)22-14/h11H,4-10H2,1-3H3,(H,20,24)(H2,19,21,22). The van der Waals surface area contributed by atoms with Crippen molar-refractivity contribution >= 4 is 33.3 Å². The average Bonchev–Trinajstić information content (AvgIpc) is 2.68. The fourth-order valence-corrected chi connectivity index (χ4v) is 4.68. The Bertz CT molecular complexity index is 770. The quantitative estimate of drug-likeness (QED) is 0.800. The Morgan fingerprint density at radius 2 is 2.04 bits per heavy atom.